The molecule has 1 atom stereocenters. The highest BCUT2D eigenvalue weighted by atomic mass is 35.5. The maximum absolute atomic E-state index is 13.4. The Hall–Kier alpha value is -3.40. The van der Waals surface area contributed by atoms with Gasteiger partial charge in [0.2, 0.25) is 0 Å². The summed E-state index contributed by atoms with van der Waals surface area (Å²) < 4.78 is 5.38. The van der Waals surface area contributed by atoms with E-state index in [4.69, 9.17) is 21.0 Å². The SMILES string of the molecule is CC(C)(C)[C@H]1CCc2c(sc(N=Cc3ccc(Sc4ccc(Cl)cc4)c([N+](=O)[O-])c3)c2C(=O)NCc2ccco2)C1. The molecule has 1 N–H and O–H groups in total. The van der Waals surface area contributed by atoms with Crippen LogP contribution >= 0.6 is 34.7 Å². The van der Waals surface area contributed by atoms with E-state index in [2.05, 4.69) is 26.1 Å². The molecule has 0 aliphatic heterocycles. The lowest BCUT2D eigenvalue weighted by Gasteiger charge is -2.33. The molecule has 0 saturated heterocycles. The highest BCUT2D eigenvalue weighted by Gasteiger charge is 2.33. The minimum atomic E-state index is -0.389. The summed E-state index contributed by atoms with van der Waals surface area (Å²) in [6, 6.07) is 15.8. The first kappa shape index (κ1) is 29.1. The Balaban J connectivity index is 1.44. The summed E-state index contributed by atoms with van der Waals surface area (Å²) >= 11 is 8.81. The van der Waals surface area contributed by atoms with Gasteiger partial charge in [-0.05, 0) is 84.2 Å². The number of furan rings is 1. The molecule has 1 aliphatic carbocycles. The highest BCUT2D eigenvalue weighted by Crippen LogP contribution is 2.45. The molecular formula is C31H30ClN3O4S2. The summed E-state index contributed by atoms with van der Waals surface area (Å²) in [5.41, 5.74) is 2.38. The lowest BCUT2D eigenvalue weighted by atomic mass is 9.72. The van der Waals surface area contributed by atoms with E-state index in [9.17, 15) is 14.9 Å². The first-order valence-electron chi connectivity index (χ1n) is 13.3. The third-order valence-electron chi connectivity index (χ3n) is 7.25. The van der Waals surface area contributed by atoms with Crippen LogP contribution in [0.3, 0.4) is 0 Å². The van der Waals surface area contributed by atoms with Crippen LogP contribution in [0.1, 0.15) is 59.3 Å². The first-order valence-corrected chi connectivity index (χ1v) is 15.3. The summed E-state index contributed by atoms with van der Waals surface area (Å²) in [7, 11) is 0. The third kappa shape index (κ3) is 6.92. The summed E-state index contributed by atoms with van der Waals surface area (Å²) in [6.45, 7) is 7.06. The van der Waals surface area contributed by atoms with E-state index in [0.717, 1.165) is 29.7 Å². The van der Waals surface area contributed by atoms with Crippen LogP contribution in [-0.2, 0) is 19.4 Å². The predicted octanol–water partition coefficient (Wildman–Crippen LogP) is 8.89. The van der Waals surface area contributed by atoms with Gasteiger partial charge in [0.15, 0.2) is 0 Å². The number of aliphatic imine (C=N–C) groups is 1. The van der Waals surface area contributed by atoms with Crippen molar-refractivity contribution in [1.82, 2.24) is 5.32 Å². The predicted molar refractivity (Wildman–Crippen MR) is 165 cm³/mol. The van der Waals surface area contributed by atoms with Gasteiger partial charge in [-0.2, -0.15) is 0 Å². The Bertz CT molecular complexity index is 1590. The lowest BCUT2D eigenvalue weighted by Crippen LogP contribution is -2.28. The molecule has 0 radical (unpaired) electrons. The lowest BCUT2D eigenvalue weighted by molar-refractivity contribution is -0.387. The number of hydrogen-bond acceptors (Lipinski definition) is 7. The van der Waals surface area contributed by atoms with E-state index in [1.54, 1.807) is 42.8 Å². The largest absolute Gasteiger partial charge is 0.467 e. The van der Waals surface area contributed by atoms with E-state index in [1.807, 2.05) is 18.2 Å². The van der Waals surface area contributed by atoms with Crippen LogP contribution in [0.4, 0.5) is 10.7 Å². The van der Waals surface area contributed by atoms with Gasteiger partial charge in [-0.3, -0.25) is 14.9 Å². The number of halogens is 1. The van der Waals surface area contributed by atoms with Gasteiger partial charge < -0.3 is 9.73 Å². The summed E-state index contributed by atoms with van der Waals surface area (Å²) in [6.07, 6.45) is 5.91. The van der Waals surface area contributed by atoms with Crippen LogP contribution in [0.25, 0.3) is 0 Å². The van der Waals surface area contributed by atoms with Crippen LogP contribution in [-0.4, -0.2) is 17.0 Å². The average molecular weight is 608 g/mol. The number of nitrogens with zero attached hydrogens (tertiary/aromatic N) is 2. The van der Waals surface area contributed by atoms with Crippen LogP contribution in [0, 0.1) is 21.4 Å². The number of nitrogens with one attached hydrogen (secondary N) is 1. The molecule has 10 heteroatoms. The second-order valence-corrected chi connectivity index (χ2v) is 13.7. The molecule has 0 spiro atoms. The van der Waals surface area contributed by atoms with Gasteiger partial charge in [-0.15, -0.1) is 11.3 Å². The number of thiophene rings is 1. The molecule has 212 valence electrons. The van der Waals surface area contributed by atoms with Gasteiger partial charge >= 0.3 is 0 Å². The molecule has 0 unspecified atom stereocenters. The van der Waals surface area contributed by atoms with E-state index in [0.29, 0.717) is 37.7 Å². The molecule has 2 heterocycles. The van der Waals surface area contributed by atoms with Crippen molar-refractivity contribution >= 4 is 57.5 Å². The van der Waals surface area contributed by atoms with E-state index in [1.165, 1.54) is 34.0 Å². The number of fused-ring (bicyclic) bond motifs is 1. The number of nitro groups is 1. The maximum Gasteiger partial charge on any atom is 0.283 e. The van der Waals surface area contributed by atoms with Crippen molar-refractivity contribution in [3.05, 3.63) is 103 Å². The number of nitro benzene ring substituents is 1. The molecule has 5 rings (SSSR count). The zero-order valence-corrected chi connectivity index (χ0v) is 25.4. The Kier molecular flexibility index (Phi) is 8.68. The van der Waals surface area contributed by atoms with Crippen LogP contribution in [0.2, 0.25) is 5.02 Å². The summed E-state index contributed by atoms with van der Waals surface area (Å²) in [5.74, 6) is 0.989. The zero-order chi connectivity index (χ0) is 29.1. The smallest absolute Gasteiger partial charge is 0.283 e. The molecule has 2 aromatic heterocycles. The van der Waals surface area contributed by atoms with E-state index >= 15 is 0 Å². The molecule has 1 amide bonds. The summed E-state index contributed by atoms with van der Waals surface area (Å²) in [4.78, 5) is 32.3. The molecule has 0 bridgehead atoms. The fraction of sp³-hybridized carbons (Fsp3) is 0.290. The maximum atomic E-state index is 13.4. The van der Waals surface area contributed by atoms with Crippen LogP contribution < -0.4 is 5.32 Å². The number of carbonyl (C=O) groups is 1. The molecule has 41 heavy (non-hydrogen) atoms. The van der Waals surface area contributed by atoms with Gasteiger partial charge in [0.05, 0.1) is 28.2 Å². The Morgan fingerprint density at radius 3 is 2.71 bits per heavy atom. The molecular weight excluding hydrogens is 578 g/mol. The van der Waals surface area contributed by atoms with Gasteiger partial charge in [-0.1, -0.05) is 50.2 Å². The molecule has 7 nitrogen and oxygen atoms in total. The standard InChI is InChI=1S/C31H30ClN3O4S2/c1-31(2,3)20-7-12-24-27(16-20)41-30(28(24)29(36)33-18-22-5-4-14-39-22)34-17-19-6-13-26(25(15-19)35(37)38)40-23-10-8-21(32)9-11-23/h4-6,8-11,13-15,17,20H,7,12,16,18H2,1-3H3,(H,33,36)/t20-/m0/s1. The van der Waals surface area contributed by atoms with E-state index < -0.39 is 0 Å². The fourth-order valence-corrected chi connectivity index (χ4v) is 7.21. The number of hydrogen-bond donors (Lipinski definition) is 1. The molecule has 1 aliphatic rings. The molecule has 2 aromatic carbocycles. The first-order chi connectivity index (χ1) is 19.6. The second kappa shape index (κ2) is 12.2. The molecule has 0 fully saturated rings. The Morgan fingerprint density at radius 2 is 2.02 bits per heavy atom. The normalized spacial score (nSPS) is 15.2. The van der Waals surface area contributed by atoms with Crippen molar-refractivity contribution in [3.63, 3.8) is 0 Å². The van der Waals surface area contributed by atoms with Crippen molar-refractivity contribution in [2.45, 2.75) is 56.4 Å². The topological polar surface area (TPSA) is 97.7 Å². The van der Waals surface area contributed by atoms with Crippen molar-refractivity contribution in [3.8, 4) is 0 Å². The monoisotopic (exact) mass is 607 g/mol. The highest BCUT2D eigenvalue weighted by molar-refractivity contribution is 7.99. The fourth-order valence-electron chi connectivity index (χ4n) is 4.91. The Morgan fingerprint density at radius 1 is 1.24 bits per heavy atom. The molecule has 0 saturated carbocycles. The minimum Gasteiger partial charge on any atom is -0.467 e. The third-order valence-corrected chi connectivity index (χ3v) is 9.74. The van der Waals surface area contributed by atoms with Crippen molar-refractivity contribution < 1.29 is 14.1 Å². The number of benzene rings is 2. The minimum absolute atomic E-state index is 0.0104. The van der Waals surface area contributed by atoms with Crippen LogP contribution in [0.5, 0.6) is 0 Å². The van der Waals surface area contributed by atoms with Gasteiger partial charge in [0.25, 0.3) is 11.6 Å². The van der Waals surface area contributed by atoms with Gasteiger partial charge in [-0.25, -0.2) is 4.99 Å². The average Bonchev–Trinajstić information content (AvgIpc) is 3.59. The summed E-state index contributed by atoms with van der Waals surface area (Å²) in [5, 5.41) is 16.1. The van der Waals surface area contributed by atoms with Crippen molar-refractivity contribution in [2.24, 2.45) is 16.3 Å². The van der Waals surface area contributed by atoms with Gasteiger partial charge in [0, 0.05) is 27.1 Å². The number of amides is 1. The molecule has 4 aromatic rings. The number of rotatable bonds is 8. The van der Waals surface area contributed by atoms with Gasteiger partial charge in [0.1, 0.15) is 10.8 Å². The van der Waals surface area contributed by atoms with Crippen molar-refractivity contribution in [2.75, 3.05) is 0 Å². The Labute approximate surface area is 252 Å². The van der Waals surface area contributed by atoms with Crippen molar-refractivity contribution in [1.29, 1.82) is 0 Å². The zero-order valence-electron chi connectivity index (χ0n) is 23.0. The van der Waals surface area contributed by atoms with E-state index in [-0.39, 0.29) is 28.5 Å². The number of carbonyl (C=O) groups excluding carboxylic acids is 1. The quantitative estimate of drug-likeness (QED) is 0.122. The second-order valence-electron chi connectivity index (χ2n) is 11.1. The van der Waals surface area contributed by atoms with Crippen LogP contribution in [0.15, 0.2) is 80.1 Å².